The van der Waals surface area contributed by atoms with Crippen molar-refractivity contribution in [2.45, 2.75) is 64.1 Å². The molecule has 0 aromatic carbocycles. The second kappa shape index (κ2) is 14.3. The average molecular weight is 431 g/mol. The number of carboxylic acid groups (broad SMARTS) is 2. The minimum Gasteiger partial charge on any atom is -0.481 e. The number of carbonyl (C=O) groups is 5. The number of hydrogen-bond donors (Lipinski definition) is 7. The molecule has 0 aliphatic carbocycles. The van der Waals surface area contributed by atoms with Gasteiger partial charge in [0, 0.05) is 6.42 Å². The number of unbranched alkanes of at least 4 members (excludes halogenated alkanes) is 1. The maximum atomic E-state index is 12.7. The lowest BCUT2D eigenvalue weighted by atomic mass is 10.0. The van der Waals surface area contributed by atoms with Gasteiger partial charge in [-0.2, -0.15) is 0 Å². The van der Waals surface area contributed by atoms with Gasteiger partial charge in [0.2, 0.25) is 17.7 Å². The molecule has 0 saturated carbocycles. The van der Waals surface area contributed by atoms with Crippen molar-refractivity contribution < 1.29 is 34.2 Å². The fourth-order valence-corrected chi connectivity index (χ4v) is 2.43. The summed E-state index contributed by atoms with van der Waals surface area (Å²) >= 11 is 0. The van der Waals surface area contributed by atoms with Gasteiger partial charge in [0.05, 0.1) is 6.04 Å². The van der Waals surface area contributed by atoms with Gasteiger partial charge in [0.1, 0.15) is 18.6 Å². The molecule has 0 rings (SSSR count). The molecule has 0 spiro atoms. The van der Waals surface area contributed by atoms with E-state index < -0.39 is 60.8 Å². The van der Waals surface area contributed by atoms with Crippen LogP contribution in [-0.2, 0) is 24.0 Å². The van der Waals surface area contributed by atoms with Crippen LogP contribution in [-0.4, -0.2) is 71.1 Å². The van der Waals surface area contributed by atoms with Gasteiger partial charge in [-0.1, -0.05) is 13.8 Å². The molecule has 30 heavy (non-hydrogen) atoms. The maximum absolute atomic E-state index is 12.7. The van der Waals surface area contributed by atoms with Crippen molar-refractivity contribution >= 4 is 29.7 Å². The van der Waals surface area contributed by atoms with E-state index in [0.717, 1.165) is 0 Å². The van der Waals surface area contributed by atoms with Gasteiger partial charge in [-0.25, -0.2) is 0 Å². The fraction of sp³-hybridized carbons (Fsp3) is 0.722. The summed E-state index contributed by atoms with van der Waals surface area (Å²) in [6.07, 6.45) is 0.700. The largest absolute Gasteiger partial charge is 0.481 e. The Morgan fingerprint density at radius 3 is 1.90 bits per heavy atom. The molecule has 12 heteroatoms. The summed E-state index contributed by atoms with van der Waals surface area (Å²) in [5, 5.41) is 24.6. The van der Waals surface area contributed by atoms with E-state index >= 15 is 0 Å². The topological polar surface area (TPSA) is 214 Å². The van der Waals surface area contributed by atoms with E-state index in [1.54, 1.807) is 13.8 Å². The zero-order valence-electron chi connectivity index (χ0n) is 17.3. The van der Waals surface area contributed by atoms with Gasteiger partial charge in [-0.15, -0.1) is 0 Å². The van der Waals surface area contributed by atoms with Crippen molar-refractivity contribution in [3.63, 3.8) is 0 Å². The molecule has 0 fully saturated rings. The summed E-state index contributed by atoms with van der Waals surface area (Å²) in [4.78, 5) is 58.7. The smallest absolute Gasteiger partial charge is 0.322 e. The van der Waals surface area contributed by atoms with Crippen LogP contribution in [0.15, 0.2) is 0 Å². The molecule has 9 N–H and O–H groups in total. The van der Waals surface area contributed by atoms with Crippen LogP contribution in [0.1, 0.15) is 46.0 Å². The van der Waals surface area contributed by atoms with Crippen molar-refractivity contribution in [3.8, 4) is 0 Å². The molecule has 0 saturated heterocycles. The first-order valence-corrected chi connectivity index (χ1v) is 9.77. The molecule has 3 amide bonds. The van der Waals surface area contributed by atoms with E-state index in [-0.39, 0.29) is 18.8 Å². The highest BCUT2D eigenvalue weighted by Crippen LogP contribution is 2.06. The Bertz CT molecular complexity index is 612. The summed E-state index contributed by atoms with van der Waals surface area (Å²) in [7, 11) is 0. The van der Waals surface area contributed by atoms with Crippen LogP contribution < -0.4 is 27.4 Å². The molecule has 0 aliphatic rings. The van der Waals surface area contributed by atoms with Crippen molar-refractivity contribution in [3.05, 3.63) is 0 Å². The van der Waals surface area contributed by atoms with Crippen LogP contribution in [0.4, 0.5) is 0 Å². The molecule has 0 aliphatic heterocycles. The Balaban J connectivity index is 5.29. The second-order valence-electron chi connectivity index (χ2n) is 7.22. The van der Waals surface area contributed by atoms with Gasteiger partial charge in [-0.05, 0) is 38.1 Å². The van der Waals surface area contributed by atoms with Gasteiger partial charge in [0.15, 0.2) is 0 Å². The highest BCUT2D eigenvalue weighted by molar-refractivity contribution is 5.93. The zero-order valence-corrected chi connectivity index (χ0v) is 17.3. The van der Waals surface area contributed by atoms with E-state index in [1.807, 2.05) is 0 Å². The number of aliphatic carboxylic acids is 2. The Morgan fingerprint density at radius 1 is 0.833 bits per heavy atom. The fourth-order valence-electron chi connectivity index (χ4n) is 2.43. The molecule has 0 aromatic heterocycles. The standard InChI is InChI=1S/C18H33N5O7/c1-10(2)15(20)18(30)23-11(5-3-4-8-19)17(29)22-12(6-7-13(24)25)16(28)21-9-14(26)27/h10-12,15H,3-9,19-20H2,1-2H3,(H,21,28)(H,22,29)(H,23,30)(H,24,25)(H,26,27). The summed E-state index contributed by atoms with van der Waals surface area (Å²) < 4.78 is 0. The molecular weight excluding hydrogens is 398 g/mol. The number of rotatable bonds is 15. The first-order chi connectivity index (χ1) is 14.0. The number of carbonyl (C=O) groups excluding carboxylic acids is 3. The SMILES string of the molecule is CC(C)C(N)C(=O)NC(CCCCN)C(=O)NC(CCC(=O)O)C(=O)NCC(=O)O. The number of nitrogens with one attached hydrogen (secondary N) is 3. The summed E-state index contributed by atoms with van der Waals surface area (Å²) in [5.41, 5.74) is 11.3. The molecule has 172 valence electrons. The van der Waals surface area contributed by atoms with Crippen LogP contribution in [0.3, 0.4) is 0 Å². The summed E-state index contributed by atoms with van der Waals surface area (Å²) in [6, 6.07) is -3.12. The zero-order chi connectivity index (χ0) is 23.3. The maximum Gasteiger partial charge on any atom is 0.322 e. The molecule has 3 atom stereocenters. The minimum absolute atomic E-state index is 0.164. The Kier molecular flexibility index (Phi) is 13.0. The van der Waals surface area contributed by atoms with Crippen LogP contribution >= 0.6 is 0 Å². The lowest BCUT2D eigenvalue weighted by molar-refractivity contribution is -0.140. The normalized spacial score (nSPS) is 13.8. The van der Waals surface area contributed by atoms with E-state index in [2.05, 4.69) is 16.0 Å². The third-order valence-corrected chi connectivity index (χ3v) is 4.29. The summed E-state index contributed by atoms with van der Waals surface area (Å²) in [5.74, 6) is -4.70. The molecular formula is C18H33N5O7. The Hall–Kier alpha value is -2.73. The Labute approximate surface area is 175 Å². The lowest BCUT2D eigenvalue weighted by Gasteiger charge is -2.24. The van der Waals surface area contributed by atoms with Crippen LogP contribution in [0.5, 0.6) is 0 Å². The first-order valence-electron chi connectivity index (χ1n) is 9.77. The molecule has 0 aromatic rings. The lowest BCUT2D eigenvalue weighted by Crippen LogP contribution is -2.56. The van der Waals surface area contributed by atoms with Gasteiger partial charge in [-0.3, -0.25) is 24.0 Å². The molecule has 12 nitrogen and oxygen atoms in total. The van der Waals surface area contributed by atoms with Crippen LogP contribution in [0.25, 0.3) is 0 Å². The number of carboxylic acids is 2. The Morgan fingerprint density at radius 2 is 1.40 bits per heavy atom. The van der Waals surface area contributed by atoms with Crippen molar-refractivity contribution in [1.29, 1.82) is 0 Å². The van der Waals surface area contributed by atoms with Crippen LogP contribution in [0.2, 0.25) is 0 Å². The van der Waals surface area contributed by atoms with Gasteiger partial charge in [0.25, 0.3) is 0 Å². The summed E-state index contributed by atoms with van der Waals surface area (Å²) in [6.45, 7) is 3.22. The molecule has 0 bridgehead atoms. The van der Waals surface area contributed by atoms with Gasteiger partial charge < -0.3 is 37.6 Å². The minimum atomic E-state index is -1.29. The highest BCUT2D eigenvalue weighted by Gasteiger charge is 2.29. The molecule has 0 radical (unpaired) electrons. The van der Waals surface area contributed by atoms with E-state index in [1.165, 1.54) is 0 Å². The number of hydrogen-bond acceptors (Lipinski definition) is 7. The monoisotopic (exact) mass is 431 g/mol. The first kappa shape index (κ1) is 27.3. The third-order valence-electron chi connectivity index (χ3n) is 4.29. The average Bonchev–Trinajstić information content (AvgIpc) is 2.67. The third kappa shape index (κ3) is 11.3. The van der Waals surface area contributed by atoms with Crippen molar-refractivity contribution in [2.75, 3.05) is 13.1 Å². The second-order valence-corrected chi connectivity index (χ2v) is 7.22. The quantitative estimate of drug-likeness (QED) is 0.144. The highest BCUT2D eigenvalue weighted by atomic mass is 16.4. The van der Waals surface area contributed by atoms with Crippen molar-refractivity contribution in [2.24, 2.45) is 17.4 Å². The number of amides is 3. The molecule has 0 heterocycles. The van der Waals surface area contributed by atoms with E-state index in [0.29, 0.717) is 19.4 Å². The predicted molar refractivity (Wildman–Crippen MR) is 107 cm³/mol. The van der Waals surface area contributed by atoms with Crippen molar-refractivity contribution in [1.82, 2.24) is 16.0 Å². The van der Waals surface area contributed by atoms with Gasteiger partial charge >= 0.3 is 11.9 Å². The molecule has 3 unspecified atom stereocenters. The van der Waals surface area contributed by atoms with E-state index in [4.69, 9.17) is 21.7 Å². The van der Waals surface area contributed by atoms with Crippen LogP contribution in [0, 0.1) is 5.92 Å². The number of nitrogens with two attached hydrogens (primary N) is 2. The van der Waals surface area contributed by atoms with E-state index in [9.17, 15) is 24.0 Å². The predicted octanol–water partition coefficient (Wildman–Crippen LogP) is -1.87.